The second-order valence-corrected chi connectivity index (χ2v) is 3.76. The van der Waals surface area contributed by atoms with Crippen LogP contribution in [0.2, 0.25) is 0 Å². The lowest BCUT2D eigenvalue weighted by atomic mass is 10.6. The van der Waals surface area contributed by atoms with Crippen LogP contribution in [-0.2, 0) is 6.54 Å². The van der Waals surface area contributed by atoms with Gasteiger partial charge in [0.05, 0.1) is 0 Å². The van der Waals surface area contributed by atoms with Gasteiger partial charge in [-0.3, -0.25) is 4.98 Å². The second-order valence-electron chi connectivity index (χ2n) is 3.76. The molecule has 86 valence electrons. The van der Waals surface area contributed by atoms with Crippen LogP contribution in [0.1, 0.15) is 12.7 Å². The van der Waals surface area contributed by atoms with Crippen LogP contribution in [0.3, 0.4) is 0 Å². The van der Waals surface area contributed by atoms with Gasteiger partial charge in [0.15, 0.2) is 0 Å². The van der Waals surface area contributed by atoms with Crippen molar-refractivity contribution >= 4 is 11.7 Å². The van der Waals surface area contributed by atoms with Crippen molar-refractivity contribution in [1.82, 2.24) is 19.5 Å². The zero-order valence-electron chi connectivity index (χ0n) is 9.85. The normalized spacial score (nSPS) is 11.0. The summed E-state index contributed by atoms with van der Waals surface area (Å²) in [5, 5.41) is 4.26. The Hall–Kier alpha value is -1.92. The lowest BCUT2D eigenvalue weighted by Gasteiger charge is -2.07. The summed E-state index contributed by atoms with van der Waals surface area (Å²) in [5.41, 5.74) is -0.217. The molecule has 2 heterocycles. The van der Waals surface area contributed by atoms with Crippen molar-refractivity contribution in [3.05, 3.63) is 16.3 Å². The maximum atomic E-state index is 11.8. The highest BCUT2D eigenvalue weighted by molar-refractivity contribution is 5.35. The number of aromatic nitrogens is 5. The van der Waals surface area contributed by atoms with E-state index in [1.165, 1.54) is 4.40 Å². The number of hydrogen-bond donors (Lipinski definition) is 1. The fourth-order valence-electron chi connectivity index (χ4n) is 1.58. The lowest BCUT2D eigenvalue weighted by molar-refractivity contribution is -0.752. The molecule has 0 aliphatic carbocycles. The Bertz CT molecular complexity index is 581. The number of aromatic amines is 1. The molecule has 0 unspecified atom stereocenters. The predicted molar refractivity (Wildman–Crippen MR) is 58.5 cm³/mol. The minimum absolute atomic E-state index is 0.217. The van der Waals surface area contributed by atoms with Gasteiger partial charge in [0, 0.05) is 21.0 Å². The van der Waals surface area contributed by atoms with E-state index in [4.69, 9.17) is 0 Å². The third kappa shape index (κ3) is 1.44. The summed E-state index contributed by atoms with van der Waals surface area (Å²) in [6.07, 6.45) is 0. The van der Waals surface area contributed by atoms with Crippen molar-refractivity contribution in [3.8, 4) is 0 Å². The zero-order valence-corrected chi connectivity index (χ0v) is 9.85. The number of fused-ring (bicyclic) bond motifs is 1. The molecule has 1 N–H and O–H groups in total. The number of H-pyrrole nitrogens is 1. The molecule has 0 spiro atoms. The number of aryl methyl sites for hydroxylation is 2. The van der Waals surface area contributed by atoms with Crippen molar-refractivity contribution in [1.29, 1.82) is 0 Å². The molecule has 0 fully saturated rings. The Morgan fingerprint density at radius 2 is 2.19 bits per heavy atom. The van der Waals surface area contributed by atoms with E-state index >= 15 is 0 Å². The molecular formula is C9H15N6O+. The number of nitrogens with one attached hydrogen (secondary N) is 1. The van der Waals surface area contributed by atoms with Crippen molar-refractivity contribution in [3.63, 3.8) is 0 Å². The topological polar surface area (TPSA) is 70.2 Å². The van der Waals surface area contributed by atoms with Crippen LogP contribution in [0.25, 0.3) is 5.78 Å². The number of hydrogen-bond acceptors (Lipinski definition) is 4. The first kappa shape index (κ1) is 10.6. The highest BCUT2D eigenvalue weighted by Gasteiger charge is 2.20. The minimum Gasteiger partial charge on any atom is -0.348 e. The molecule has 0 bridgehead atoms. The van der Waals surface area contributed by atoms with Crippen molar-refractivity contribution in [2.24, 2.45) is 0 Å². The number of nitrogens with zero attached hydrogens (tertiary/aromatic N) is 5. The third-order valence-corrected chi connectivity index (χ3v) is 2.46. The van der Waals surface area contributed by atoms with E-state index in [0.717, 1.165) is 5.82 Å². The number of anilines is 1. The Kier molecular flexibility index (Phi) is 2.37. The zero-order chi connectivity index (χ0) is 11.9. The van der Waals surface area contributed by atoms with Crippen molar-refractivity contribution in [2.75, 3.05) is 19.0 Å². The van der Waals surface area contributed by atoms with E-state index in [-0.39, 0.29) is 5.69 Å². The molecule has 2 rings (SSSR count). The third-order valence-electron chi connectivity index (χ3n) is 2.46. The highest BCUT2D eigenvalue weighted by Crippen LogP contribution is 2.00. The number of rotatable bonds is 2. The Labute approximate surface area is 92.4 Å². The molecule has 2 aromatic rings. The molecule has 16 heavy (non-hydrogen) atoms. The van der Waals surface area contributed by atoms with Crippen LogP contribution in [0.5, 0.6) is 0 Å². The Morgan fingerprint density at radius 3 is 2.75 bits per heavy atom. The van der Waals surface area contributed by atoms with E-state index in [1.54, 1.807) is 9.58 Å². The van der Waals surface area contributed by atoms with Gasteiger partial charge in [-0.25, -0.2) is 4.79 Å². The summed E-state index contributed by atoms with van der Waals surface area (Å²) in [7, 11) is 3.64. The molecule has 0 aliphatic heterocycles. The van der Waals surface area contributed by atoms with E-state index in [9.17, 15) is 4.79 Å². The van der Waals surface area contributed by atoms with Crippen LogP contribution < -0.4 is 15.3 Å². The van der Waals surface area contributed by atoms with Gasteiger partial charge in [-0.05, 0) is 12.0 Å². The van der Waals surface area contributed by atoms with Crippen LogP contribution in [0.15, 0.2) is 4.79 Å². The summed E-state index contributed by atoms with van der Waals surface area (Å²) in [6.45, 7) is 4.53. The summed E-state index contributed by atoms with van der Waals surface area (Å²) in [4.78, 5) is 20.5. The van der Waals surface area contributed by atoms with E-state index < -0.39 is 0 Å². The van der Waals surface area contributed by atoms with Crippen LogP contribution in [0, 0.1) is 6.92 Å². The van der Waals surface area contributed by atoms with Gasteiger partial charge in [0.1, 0.15) is 6.54 Å². The van der Waals surface area contributed by atoms with E-state index in [1.807, 2.05) is 27.9 Å². The van der Waals surface area contributed by atoms with E-state index in [0.29, 0.717) is 18.3 Å². The predicted octanol–water partition coefficient (Wildman–Crippen LogP) is -0.901. The molecule has 0 aromatic carbocycles. The molecule has 0 saturated carbocycles. The quantitative estimate of drug-likeness (QED) is 0.670. The van der Waals surface area contributed by atoms with Gasteiger partial charge in [0.25, 0.3) is 5.82 Å². The molecule has 0 saturated heterocycles. The second kappa shape index (κ2) is 3.58. The minimum atomic E-state index is -0.217. The molecule has 0 radical (unpaired) electrons. The Morgan fingerprint density at radius 1 is 1.50 bits per heavy atom. The summed E-state index contributed by atoms with van der Waals surface area (Å²) in [5.74, 6) is 1.70. The van der Waals surface area contributed by atoms with Crippen LogP contribution in [-0.4, -0.2) is 33.6 Å². The molecule has 0 atom stereocenters. The Balaban J connectivity index is 2.79. The average molecular weight is 223 g/mol. The van der Waals surface area contributed by atoms with Gasteiger partial charge < -0.3 is 4.90 Å². The fourth-order valence-corrected chi connectivity index (χ4v) is 1.58. The largest absolute Gasteiger partial charge is 0.423 e. The smallest absolute Gasteiger partial charge is 0.348 e. The van der Waals surface area contributed by atoms with Crippen LogP contribution >= 0.6 is 0 Å². The molecule has 0 aliphatic rings. The van der Waals surface area contributed by atoms with Crippen LogP contribution in [0.4, 0.5) is 5.95 Å². The molecule has 7 heteroatoms. The highest BCUT2D eigenvalue weighted by atomic mass is 16.1. The first-order valence-corrected chi connectivity index (χ1v) is 5.11. The van der Waals surface area contributed by atoms with Gasteiger partial charge in [-0.1, -0.05) is 0 Å². The SMILES string of the molecule is CC[n+]1nc2nc(N(C)C)[nH]c(=O)n2c1C. The fraction of sp³-hybridized carbons (Fsp3) is 0.556. The van der Waals surface area contributed by atoms with Gasteiger partial charge in [0.2, 0.25) is 5.95 Å². The van der Waals surface area contributed by atoms with Crippen molar-refractivity contribution < 1.29 is 4.68 Å². The molecule has 7 nitrogen and oxygen atoms in total. The van der Waals surface area contributed by atoms with Crippen molar-refractivity contribution in [2.45, 2.75) is 20.4 Å². The maximum absolute atomic E-state index is 11.8. The van der Waals surface area contributed by atoms with E-state index in [2.05, 4.69) is 15.1 Å². The first-order chi connectivity index (χ1) is 7.54. The summed E-state index contributed by atoms with van der Waals surface area (Å²) < 4.78 is 3.22. The maximum Gasteiger partial charge on any atom is 0.423 e. The standard InChI is InChI=1S/C9H14N6O/c1-5-14-6(2)15-8(12-14)10-7(13(3)4)11-9(15)16/h5H2,1-4H3/p+1. The molecular weight excluding hydrogens is 208 g/mol. The summed E-state index contributed by atoms with van der Waals surface area (Å²) >= 11 is 0. The monoisotopic (exact) mass is 223 g/mol. The molecule has 0 amide bonds. The molecule has 2 aromatic heterocycles. The van der Waals surface area contributed by atoms with Gasteiger partial charge >= 0.3 is 11.5 Å². The lowest BCUT2D eigenvalue weighted by Crippen LogP contribution is -2.38. The van der Waals surface area contributed by atoms with Gasteiger partial charge in [-0.2, -0.15) is 4.98 Å². The van der Waals surface area contributed by atoms with Gasteiger partial charge in [-0.15, -0.1) is 9.08 Å². The summed E-state index contributed by atoms with van der Waals surface area (Å²) in [6, 6.07) is 0. The average Bonchev–Trinajstić information content (AvgIpc) is 2.55. The first-order valence-electron chi connectivity index (χ1n) is 5.11.